The predicted molar refractivity (Wildman–Crippen MR) is 111 cm³/mol. The lowest BCUT2D eigenvalue weighted by molar-refractivity contribution is -0.120. The Labute approximate surface area is 165 Å². The number of carbonyl (C=O) groups excluding carboxylic acids is 1. The maximum absolute atomic E-state index is 11.5. The molecule has 0 saturated carbocycles. The van der Waals surface area contributed by atoms with Gasteiger partial charge in [0.1, 0.15) is 22.5 Å². The van der Waals surface area contributed by atoms with Gasteiger partial charge < -0.3 is 10.4 Å². The molecule has 1 heterocycles. The van der Waals surface area contributed by atoms with Gasteiger partial charge in [-0.3, -0.25) is 4.79 Å². The van der Waals surface area contributed by atoms with Crippen LogP contribution in [0.2, 0.25) is 0 Å². The number of carbonyl (C=O) groups is 1. The minimum absolute atomic E-state index is 0.00440. The van der Waals surface area contributed by atoms with Crippen LogP contribution in [0.15, 0.2) is 36.4 Å². The Bertz CT molecular complexity index is 958. The summed E-state index contributed by atoms with van der Waals surface area (Å²) in [5.74, 6) is 0.159. The van der Waals surface area contributed by atoms with Crippen LogP contribution >= 0.6 is 0 Å². The summed E-state index contributed by atoms with van der Waals surface area (Å²) in [4.78, 5) is 13.1. The van der Waals surface area contributed by atoms with Crippen molar-refractivity contribution in [3.8, 4) is 11.4 Å². The molecule has 6 heteroatoms. The van der Waals surface area contributed by atoms with Crippen molar-refractivity contribution in [2.75, 3.05) is 6.54 Å². The summed E-state index contributed by atoms with van der Waals surface area (Å²) < 4.78 is 0. The summed E-state index contributed by atoms with van der Waals surface area (Å²) in [6, 6.07) is 11.6. The molecule has 6 nitrogen and oxygen atoms in total. The van der Waals surface area contributed by atoms with Gasteiger partial charge in [-0.2, -0.15) is 0 Å². The van der Waals surface area contributed by atoms with Gasteiger partial charge in [0, 0.05) is 13.0 Å². The van der Waals surface area contributed by atoms with E-state index in [1.807, 2.05) is 43.3 Å². The molecule has 1 aromatic heterocycles. The lowest BCUT2D eigenvalue weighted by atomic mass is 9.81. The van der Waals surface area contributed by atoms with Crippen molar-refractivity contribution < 1.29 is 9.90 Å². The normalized spacial score (nSPS) is 11.7. The third-order valence-electron chi connectivity index (χ3n) is 5.37. The fourth-order valence-corrected chi connectivity index (χ4v) is 3.04. The van der Waals surface area contributed by atoms with Crippen LogP contribution in [0.25, 0.3) is 16.7 Å². The van der Waals surface area contributed by atoms with E-state index in [9.17, 15) is 9.90 Å². The van der Waals surface area contributed by atoms with Crippen molar-refractivity contribution >= 4 is 16.9 Å². The first kappa shape index (κ1) is 19.9. The zero-order chi connectivity index (χ0) is 20.3. The third-order valence-corrected chi connectivity index (χ3v) is 5.37. The summed E-state index contributed by atoms with van der Waals surface area (Å²) in [6.45, 7) is 8.80. The van der Waals surface area contributed by atoms with E-state index in [1.165, 1.54) is 4.80 Å². The van der Waals surface area contributed by atoms with Crippen molar-refractivity contribution in [1.82, 2.24) is 20.3 Å². The van der Waals surface area contributed by atoms with Gasteiger partial charge in [0.05, 0.1) is 0 Å². The molecule has 0 saturated heterocycles. The van der Waals surface area contributed by atoms with Gasteiger partial charge in [-0.05, 0) is 47.6 Å². The van der Waals surface area contributed by atoms with E-state index >= 15 is 0 Å². The second-order valence-electron chi connectivity index (χ2n) is 7.67. The molecule has 0 aliphatic carbocycles. The van der Waals surface area contributed by atoms with Crippen molar-refractivity contribution in [3.05, 3.63) is 47.5 Å². The van der Waals surface area contributed by atoms with Gasteiger partial charge in [0.2, 0.25) is 5.91 Å². The number of phenolic OH excluding ortho intramolecular Hbond substituents is 1. The minimum atomic E-state index is -0.0591. The first-order valence-corrected chi connectivity index (χ1v) is 9.81. The van der Waals surface area contributed by atoms with E-state index in [-0.39, 0.29) is 17.1 Å². The summed E-state index contributed by atoms with van der Waals surface area (Å²) in [5, 5.41) is 22.9. The number of phenols is 1. The number of fused-ring (bicyclic) bond motifs is 1. The number of aromatic hydroxyl groups is 1. The van der Waals surface area contributed by atoms with Crippen molar-refractivity contribution in [2.24, 2.45) is 0 Å². The SMILES string of the molecule is CCC(=O)NCCc1cc(C(C)(C)CC)cc(-n2nc3ccccc3n2)c1O. The van der Waals surface area contributed by atoms with Crippen molar-refractivity contribution in [3.63, 3.8) is 0 Å². The first-order chi connectivity index (χ1) is 13.4. The van der Waals surface area contributed by atoms with Crippen LogP contribution in [-0.2, 0) is 16.6 Å². The summed E-state index contributed by atoms with van der Waals surface area (Å²) in [7, 11) is 0. The number of rotatable bonds is 7. The number of nitrogens with one attached hydrogen (secondary N) is 1. The lowest BCUT2D eigenvalue weighted by Crippen LogP contribution is -2.25. The molecule has 0 aliphatic heterocycles. The molecule has 3 aromatic rings. The number of nitrogens with zero attached hydrogens (tertiary/aromatic N) is 3. The van der Waals surface area contributed by atoms with E-state index < -0.39 is 0 Å². The van der Waals surface area contributed by atoms with Crippen LogP contribution in [-0.4, -0.2) is 32.6 Å². The van der Waals surface area contributed by atoms with Gasteiger partial charge in [-0.25, -0.2) is 0 Å². The number of aromatic nitrogens is 3. The Morgan fingerprint density at radius 1 is 1.14 bits per heavy atom. The van der Waals surface area contributed by atoms with Crippen molar-refractivity contribution in [2.45, 2.75) is 52.4 Å². The van der Waals surface area contributed by atoms with E-state index in [0.29, 0.717) is 25.1 Å². The Hall–Kier alpha value is -2.89. The third kappa shape index (κ3) is 4.01. The van der Waals surface area contributed by atoms with Crippen molar-refractivity contribution in [1.29, 1.82) is 0 Å². The standard InChI is InChI=1S/C22H28N4O2/c1-5-20(27)23-12-11-15-13-16(22(3,4)6-2)14-19(21(15)28)26-24-17-9-7-8-10-18(17)25-26/h7-10,13-14,28H,5-6,11-12H2,1-4H3,(H,23,27). The molecule has 0 aliphatic rings. The average molecular weight is 380 g/mol. The van der Waals surface area contributed by atoms with Crippen LogP contribution in [0, 0.1) is 0 Å². The van der Waals surface area contributed by atoms with Gasteiger partial charge in [-0.15, -0.1) is 15.0 Å². The molecule has 148 valence electrons. The second-order valence-corrected chi connectivity index (χ2v) is 7.67. The van der Waals surface area contributed by atoms with Gasteiger partial charge in [0.25, 0.3) is 0 Å². The fourth-order valence-electron chi connectivity index (χ4n) is 3.04. The predicted octanol–water partition coefficient (Wildman–Crippen LogP) is 3.88. The topological polar surface area (TPSA) is 80.0 Å². The quantitative estimate of drug-likeness (QED) is 0.652. The van der Waals surface area contributed by atoms with Gasteiger partial charge in [-0.1, -0.05) is 45.9 Å². The molecule has 0 bridgehead atoms. The molecule has 0 radical (unpaired) electrons. The average Bonchev–Trinajstić information content (AvgIpc) is 3.12. The smallest absolute Gasteiger partial charge is 0.219 e. The number of benzene rings is 2. The molecule has 0 spiro atoms. The van der Waals surface area contributed by atoms with E-state index in [0.717, 1.165) is 28.6 Å². The van der Waals surface area contributed by atoms with Crippen LogP contribution in [0.1, 0.15) is 51.7 Å². The zero-order valence-electron chi connectivity index (χ0n) is 17.0. The lowest BCUT2D eigenvalue weighted by Gasteiger charge is -2.25. The molecule has 2 N–H and O–H groups in total. The maximum Gasteiger partial charge on any atom is 0.219 e. The summed E-state index contributed by atoms with van der Waals surface area (Å²) in [5.41, 5.74) is 3.95. The Morgan fingerprint density at radius 3 is 2.36 bits per heavy atom. The monoisotopic (exact) mass is 380 g/mol. The van der Waals surface area contributed by atoms with Gasteiger partial charge >= 0.3 is 0 Å². The molecule has 1 amide bonds. The zero-order valence-corrected chi connectivity index (χ0v) is 17.0. The highest BCUT2D eigenvalue weighted by Gasteiger charge is 2.23. The van der Waals surface area contributed by atoms with Gasteiger partial charge in [0.15, 0.2) is 0 Å². The van der Waals surface area contributed by atoms with Crippen LogP contribution in [0.5, 0.6) is 5.75 Å². The Kier molecular flexibility index (Phi) is 5.68. The van der Waals surface area contributed by atoms with Crippen LogP contribution in [0.3, 0.4) is 0 Å². The molecule has 0 unspecified atom stereocenters. The van der Waals surface area contributed by atoms with E-state index in [2.05, 4.69) is 36.3 Å². The highest BCUT2D eigenvalue weighted by Crippen LogP contribution is 2.35. The minimum Gasteiger partial charge on any atom is -0.505 e. The second kappa shape index (κ2) is 8.00. The van der Waals surface area contributed by atoms with E-state index in [1.54, 1.807) is 0 Å². The highest BCUT2D eigenvalue weighted by atomic mass is 16.3. The summed E-state index contributed by atoms with van der Waals surface area (Å²) >= 11 is 0. The molecule has 28 heavy (non-hydrogen) atoms. The molecular weight excluding hydrogens is 352 g/mol. The summed E-state index contributed by atoms with van der Waals surface area (Å²) in [6.07, 6.45) is 1.95. The highest BCUT2D eigenvalue weighted by molar-refractivity contribution is 5.75. The molecule has 3 rings (SSSR count). The maximum atomic E-state index is 11.5. The van der Waals surface area contributed by atoms with Crippen LogP contribution < -0.4 is 5.32 Å². The molecule has 0 fully saturated rings. The molecule has 2 aromatic carbocycles. The molecule has 0 atom stereocenters. The number of amides is 1. The number of hydrogen-bond donors (Lipinski definition) is 2. The Balaban J connectivity index is 2.05. The largest absolute Gasteiger partial charge is 0.505 e. The molecular formula is C22H28N4O2. The number of hydrogen-bond acceptors (Lipinski definition) is 4. The first-order valence-electron chi connectivity index (χ1n) is 9.81. The fraction of sp³-hybridized carbons (Fsp3) is 0.409. The van der Waals surface area contributed by atoms with E-state index in [4.69, 9.17) is 0 Å². The Morgan fingerprint density at radius 2 is 1.79 bits per heavy atom. The van der Waals surface area contributed by atoms with Crippen LogP contribution in [0.4, 0.5) is 0 Å².